The largest absolute Gasteiger partial charge is 0.456 e. The SMILES string of the molecule is c1ccc(-c2nc(-c3ccc4oc5ccccc5c4c3)nc(-c3ccc(-c4cccc5oc6cc7ccccc7cc6c45)c4ccccc34)n2)cc1. The minimum Gasteiger partial charge on any atom is -0.456 e. The maximum Gasteiger partial charge on any atom is 0.164 e. The van der Waals surface area contributed by atoms with Crippen molar-refractivity contribution in [3.05, 3.63) is 164 Å². The summed E-state index contributed by atoms with van der Waals surface area (Å²) in [7, 11) is 0. The predicted octanol–water partition coefficient (Wildman–Crippen LogP) is 12.6. The van der Waals surface area contributed by atoms with E-state index < -0.39 is 0 Å². The molecule has 0 atom stereocenters. The average Bonchev–Trinajstić information content (AvgIpc) is 3.77. The van der Waals surface area contributed by atoms with E-state index in [2.05, 4.69) is 103 Å². The van der Waals surface area contributed by atoms with Crippen molar-refractivity contribution in [2.75, 3.05) is 0 Å². The van der Waals surface area contributed by atoms with Crippen LogP contribution in [-0.4, -0.2) is 15.0 Å². The zero-order valence-electron chi connectivity index (χ0n) is 27.7. The van der Waals surface area contributed by atoms with Gasteiger partial charge in [-0.1, -0.05) is 115 Å². The fraction of sp³-hybridized carbons (Fsp3) is 0. The molecule has 8 aromatic carbocycles. The van der Waals surface area contributed by atoms with Gasteiger partial charge in [0.2, 0.25) is 0 Å². The Hall–Kier alpha value is -7.11. The van der Waals surface area contributed by atoms with Crippen molar-refractivity contribution in [1.29, 1.82) is 0 Å². The minimum absolute atomic E-state index is 0.603. The van der Waals surface area contributed by atoms with Gasteiger partial charge in [-0.3, -0.25) is 0 Å². The maximum absolute atomic E-state index is 6.45. The van der Waals surface area contributed by atoms with Crippen molar-refractivity contribution in [3.8, 4) is 45.3 Å². The second-order valence-corrected chi connectivity index (χ2v) is 13.2. The molecule has 3 aromatic heterocycles. The Morgan fingerprint density at radius 3 is 1.77 bits per heavy atom. The van der Waals surface area contributed by atoms with Crippen LogP contribution in [0.15, 0.2) is 173 Å². The van der Waals surface area contributed by atoms with Crippen molar-refractivity contribution >= 4 is 65.4 Å². The van der Waals surface area contributed by atoms with Crippen molar-refractivity contribution in [2.45, 2.75) is 0 Å². The molecule has 5 heteroatoms. The van der Waals surface area contributed by atoms with Crippen molar-refractivity contribution in [3.63, 3.8) is 0 Å². The lowest BCUT2D eigenvalue weighted by Gasteiger charge is -2.14. The van der Waals surface area contributed by atoms with Crippen LogP contribution in [0.3, 0.4) is 0 Å². The van der Waals surface area contributed by atoms with Gasteiger partial charge in [-0.15, -0.1) is 0 Å². The van der Waals surface area contributed by atoms with Crippen LogP contribution in [0.2, 0.25) is 0 Å². The third-order valence-corrected chi connectivity index (χ3v) is 10.1. The number of rotatable bonds is 4. The fourth-order valence-corrected chi connectivity index (χ4v) is 7.67. The highest BCUT2D eigenvalue weighted by molar-refractivity contribution is 6.18. The Morgan fingerprint density at radius 2 is 0.923 bits per heavy atom. The zero-order valence-corrected chi connectivity index (χ0v) is 27.7. The Labute approximate surface area is 297 Å². The molecule has 52 heavy (non-hydrogen) atoms. The molecule has 0 saturated carbocycles. The van der Waals surface area contributed by atoms with Crippen LogP contribution >= 0.6 is 0 Å². The molecular formula is C47H27N3O2. The summed E-state index contributed by atoms with van der Waals surface area (Å²) in [4.78, 5) is 15.3. The lowest BCUT2D eigenvalue weighted by atomic mass is 9.92. The van der Waals surface area contributed by atoms with Gasteiger partial charge in [-0.2, -0.15) is 0 Å². The first-order valence-electron chi connectivity index (χ1n) is 17.3. The Kier molecular flexibility index (Phi) is 6.18. The first-order valence-corrected chi connectivity index (χ1v) is 17.3. The number of aromatic nitrogens is 3. The van der Waals surface area contributed by atoms with Gasteiger partial charge in [0, 0.05) is 38.2 Å². The highest BCUT2D eigenvalue weighted by Crippen LogP contribution is 2.42. The number of benzene rings is 8. The van der Waals surface area contributed by atoms with Gasteiger partial charge in [0.05, 0.1) is 0 Å². The molecule has 0 radical (unpaired) electrons. The Balaban J connectivity index is 1.13. The molecule has 0 bridgehead atoms. The second-order valence-electron chi connectivity index (χ2n) is 13.2. The van der Waals surface area contributed by atoms with Crippen molar-refractivity contribution in [2.24, 2.45) is 0 Å². The Bertz CT molecular complexity index is 3190. The van der Waals surface area contributed by atoms with Crippen molar-refractivity contribution < 1.29 is 8.83 Å². The molecule has 11 rings (SSSR count). The van der Waals surface area contributed by atoms with E-state index >= 15 is 0 Å². The minimum atomic E-state index is 0.603. The van der Waals surface area contributed by atoms with E-state index in [-0.39, 0.29) is 0 Å². The lowest BCUT2D eigenvalue weighted by Crippen LogP contribution is -2.00. The highest BCUT2D eigenvalue weighted by atomic mass is 16.3. The molecule has 5 nitrogen and oxygen atoms in total. The van der Waals surface area contributed by atoms with Gasteiger partial charge in [0.15, 0.2) is 17.5 Å². The number of para-hydroxylation sites is 1. The summed E-state index contributed by atoms with van der Waals surface area (Å²) >= 11 is 0. The molecular weight excluding hydrogens is 639 g/mol. The van der Waals surface area contributed by atoms with Crippen LogP contribution in [0, 0.1) is 0 Å². The molecule has 0 unspecified atom stereocenters. The highest BCUT2D eigenvalue weighted by Gasteiger charge is 2.19. The third-order valence-electron chi connectivity index (χ3n) is 10.1. The van der Waals surface area contributed by atoms with Crippen LogP contribution in [0.4, 0.5) is 0 Å². The molecule has 0 N–H and O–H groups in total. The van der Waals surface area contributed by atoms with Crippen LogP contribution in [0.25, 0.3) is 111 Å². The molecule has 0 aliphatic heterocycles. The summed E-state index contributed by atoms with van der Waals surface area (Å²) in [6.45, 7) is 0. The molecule has 11 aromatic rings. The first-order chi connectivity index (χ1) is 25.7. The topological polar surface area (TPSA) is 65.0 Å². The molecule has 0 aliphatic carbocycles. The van der Waals surface area contributed by atoms with E-state index in [1.54, 1.807) is 0 Å². The quantitative estimate of drug-likeness (QED) is 0.187. The van der Waals surface area contributed by atoms with E-state index in [0.717, 1.165) is 87.9 Å². The van der Waals surface area contributed by atoms with E-state index in [0.29, 0.717) is 17.5 Å². The number of hydrogen-bond acceptors (Lipinski definition) is 5. The summed E-state index contributed by atoms with van der Waals surface area (Å²) in [5.41, 5.74) is 8.44. The monoisotopic (exact) mass is 665 g/mol. The molecule has 0 aliphatic rings. The maximum atomic E-state index is 6.45. The van der Waals surface area contributed by atoms with E-state index in [4.69, 9.17) is 23.8 Å². The van der Waals surface area contributed by atoms with Gasteiger partial charge in [0.1, 0.15) is 22.3 Å². The van der Waals surface area contributed by atoms with Crippen LogP contribution < -0.4 is 0 Å². The number of nitrogens with zero attached hydrogens (tertiary/aromatic N) is 3. The summed E-state index contributed by atoms with van der Waals surface area (Å²) in [6, 6.07) is 56.4. The van der Waals surface area contributed by atoms with Crippen LogP contribution in [-0.2, 0) is 0 Å². The molecule has 242 valence electrons. The van der Waals surface area contributed by atoms with Crippen molar-refractivity contribution in [1.82, 2.24) is 15.0 Å². The van der Waals surface area contributed by atoms with Gasteiger partial charge in [-0.25, -0.2) is 15.0 Å². The standard InChI is InChI=1S/C47H27N3O2/c1-2-11-28(12-3-1)45-48-46(31-21-24-41-38(26-31)35-17-8-9-19-40(35)51-41)50-47(49-45)37-23-22-34(32-15-6-7-16-33(32)37)36-18-10-20-42-44(36)39-25-29-13-4-5-14-30(29)27-43(39)52-42/h1-27H. The third kappa shape index (κ3) is 4.46. The van der Waals surface area contributed by atoms with Gasteiger partial charge >= 0.3 is 0 Å². The van der Waals surface area contributed by atoms with Gasteiger partial charge in [-0.05, 0) is 81.2 Å². The number of furan rings is 2. The van der Waals surface area contributed by atoms with E-state index in [1.165, 1.54) is 5.39 Å². The van der Waals surface area contributed by atoms with Gasteiger partial charge in [0.25, 0.3) is 0 Å². The Morgan fingerprint density at radius 1 is 0.308 bits per heavy atom. The zero-order chi connectivity index (χ0) is 34.2. The normalized spacial score (nSPS) is 11.8. The number of hydrogen-bond donors (Lipinski definition) is 0. The van der Waals surface area contributed by atoms with E-state index in [1.807, 2.05) is 60.7 Å². The molecule has 0 spiro atoms. The molecule has 0 amide bonds. The number of fused-ring (bicyclic) bond motifs is 8. The summed E-state index contributed by atoms with van der Waals surface area (Å²) in [5, 5.41) is 8.82. The average molecular weight is 666 g/mol. The van der Waals surface area contributed by atoms with Crippen LogP contribution in [0.5, 0.6) is 0 Å². The molecule has 0 fully saturated rings. The first kappa shape index (κ1) is 28.7. The van der Waals surface area contributed by atoms with E-state index in [9.17, 15) is 0 Å². The molecule has 3 heterocycles. The summed E-state index contributed by atoms with van der Waals surface area (Å²) in [5.74, 6) is 1.83. The molecule has 0 saturated heterocycles. The van der Waals surface area contributed by atoms with Gasteiger partial charge < -0.3 is 8.83 Å². The lowest BCUT2D eigenvalue weighted by molar-refractivity contribution is 0.669. The summed E-state index contributed by atoms with van der Waals surface area (Å²) < 4.78 is 12.6. The smallest absolute Gasteiger partial charge is 0.164 e. The predicted molar refractivity (Wildman–Crippen MR) is 211 cm³/mol. The fourth-order valence-electron chi connectivity index (χ4n) is 7.67. The second kappa shape index (κ2) is 11.2. The summed E-state index contributed by atoms with van der Waals surface area (Å²) in [6.07, 6.45) is 0. The van der Waals surface area contributed by atoms with Crippen LogP contribution in [0.1, 0.15) is 0 Å².